The lowest BCUT2D eigenvalue weighted by molar-refractivity contribution is -0.126. The lowest BCUT2D eigenvalue weighted by Crippen LogP contribution is -2.61. The Bertz CT molecular complexity index is 1460. The minimum absolute atomic E-state index is 0.00927. The van der Waals surface area contributed by atoms with E-state index >= 15 is 0 Å². The number of aromatic nitrogens is 2. The average Bonchev–Trinajstić information content (AvgIpc) is 3.56. The second-order valence-electron chi connectivity index (χ2n) is 8.57. The van der Waals surface area contributed by atoms with Gasteiger partial charge in [0.25, 0.3) is 15.9 Å². The van der Waals surface area contributed by atoms with Crippen molar-refractivity contribution in [1.29, 1.82) is 0 Å². The first-order chi connectivity index (χ1) is 17.3. The molecule has 1 saturated heterocycles. The number of piperazine rings is 1. The van der Waals surface area contributed by atoms with Gasteiger partial charge in [-0.15, -0.1) is 11.3 Å². The first-order valence-electron chi connectivity index (χ1n) is 11.4. The molecule has 0 aliphatic carbocycles. The van der Waals surface area contributed by atoms with Crippen LogP contribution in [0.2, 0.25) is 5.02 Å². The minimum atomic E-state index is -3.95. The van der Waals surface area contributed by atoms with Gasteiger partial charge in [-0.1, -0.05) is 17.7 Å². The van der Waals surface area contributed by atoms with Crippen molar-refractivity contribution in [2.75, 3.05) is 39.8 Å². The van der Waals surface area contributed by atoms with E-state index in [4.69, 9.17) is 11.6 Å². The van der Waals surface area contributed by atoms with Crippen LogP contribution in [0, 0.1) is 0 Å². The van der Waals surface area contributed by atoms with Gasteiger partial charge in [0.15, 0.2) is 5.01 Å². The van der Waals surface area contributed by atoms with Gasteiger partial charge in [0.1, 0.15) is 11.1 Å². The van der Waals surface area contributed by atoms with Crippen molar-refractivity contribution in [3.8, 4) is 0 Å². The summed E-state index contributed by atoms with van der Waals surface area (Å²) in [5.74, 6) is -0.823. The van der Waals surface area contributed by atoms with Crippen LogP contribution in [0.25, 0.3) is 16.5 Å². The molecule has 0 radical (unpaired) electrons. The Labute approximate surface area is 217 Å². The number of carbonyl (C=O) groups excluding carboxylic acids is 2. The van der Waals surface area contributed by atoms with Crippen LogP contribution in [-0.4, -0.2) is 85.2 Å². The number of amides is 2. The number of likely N-dealkylation sites (N-methyl/N-ethyl adjacent to an activating group) is 1. The van der Waals surface area contributed by atoms with Gasteiger partial charge in [-0.2, -0.15) is 4.31 Å². The summed E-state index contributed by atoms with van der Waals surface area (Å²) in [7, 11) is -2.48. The number of benzene rings is 1. The number of nitrogens with zero attached hydrogens (tertiary/aromatic N) is 3. The highest BCUT2D eigenvalue weighted by molar-refractivity contribution is 7.89. The number of halogens is 1. The number of rotatable bonds is 5. The standard InChI is InChI=1S/C23H25ClN6O4S2/c1-25-21(31)18-13-29(36(33,34)20-11-15-10-16(24)2-3-17(15)28-20)8-9-30(18)23(32)22-27-12-19(35-22)14-4-6-26-7-5-14/h2-4,10-12,18,26,28H,5-9,13H2,1H3,(H,25,31). The van der Waals surface area contributed by atoms with Gasteiger partial charge in [-0.05, 0) is 42.8 Å². The zero-order valence-electron chi connectivity index (χ0n) is 19.5. The number of H-pyrrole nitrogens is 1. The summed E-state index contributed by atoms with van der Waals surface area (Å²) in [4.78, 5) is 35.7. The summed E-state index contributed by atoms with van der Waals surface area (Å²) in [6.07, 6.45) is 4.63. The van der Waals surface area contributed by atoms with Crippen LogP contribution in [-0.2, 0) is 14.8 Å². The topological polar surface area (TPSA) is 128 Å². The monoisotopic (exact) mass is 548 g/mol. The molecule has 3 aromatic rings. The molecule has 1 unspecified atom stereocenters. The fraction of sp³-hybridized carbons (Fsp3) is 0.348. The summed E-state index contributed by atoms with van der Waals surface area (Å²) in [5, 5.41) is 7.27. The van der Waals surface area contributed by atoms with Crippen molar-refractivity contribution in [3.05, 3.63) is 51.4 Å². The minimum Gasteiger partial charge on any atom is -0.357 e. The first-order valence-corrected chi connectivity index (χ1v) is 14.1. The maximum absolute atomic E-state index is 13.4. The highest BCUT2D eigenvalue weighted by atomic mass is 35.5. The van der Waals surface area contributed by atoms with E-state index in [9.17, 15) is 18.0 Å². The van der Waals surface area contributed by atoms with Crippen LogP contribution < -0.4 is 10.6 Å². The summed E-state index contributed by atoms with van der Waals surface area (Å²) in [5.41, 5.74) is 1.78. The van der Waals surface area contributed by atoms with Crippen molar-refractivity contribution in [1.82, 2.24) is 29.8 Å². The van der Waals surface area contributed by atoms with Crippen LogP contribution in [0.15, 0.2) is 41.6 Å². The summed E-state index contributed by atoms with van der Waals surface area (Å²) in [6, 6.07) is 5.60. The Hall–Kier alpha value is -2.77. The summed E-state index contributed by atoms with van der Waals surface area (Å²) in [6.45, 7) is 1.58. The smallest absolute Gasteiger partial charge is 0.283 e. The third-order valence-electron chi connectivity index (χ3n) is 6.40. The lowest BCUT2D eigenvalue weighted by Gasteiger charge is -2.39. The molecule has 10 nitrogen and oxygen atoms in total. The molecule has 2 aliphatic heterocycles. The number of thiazole rings is 1. The van der Waals surface area contributed by atoms with Gasteiger partial charge in [0.2, 0.25) is 5.91 Å². The van der Waals surface area contributed by atoms with Crippen molar-refractivity contribution in [2.24, 2.45) is 0 Å². The van der Waals surface area contributed by atoms with Crippen LogP contribution in [0.4, 0.5) is 0 Å². The SMILES string of the molecule is CNC(=O)C1CN(S(=O)(=O)c2cc3cc(Cl)ccc3[nH]2)CCN1C(=O)c1ncc(C2=CCNCC2)s1. The largest absolute Gasteiger partial charge is 0.357 e. The molecule has 2 aromatic heterocycles. The van der Waals surface area contributed by atoms with Gasteiger partial charge in [0, 0.05) is 55.3 Å². The molecule has 0 saturated carbocycles. The molecule has 3 N–H and O–H groups in total. The van der Waals surface area contributed by atoms with Crippen LogP contribution in [0.5, 0.6) is 0 Å². The van der Waals surface area contributed by atoms with Gasteiger partial charge in [0.05, 0.1) is 4.88 Å². The van der Waals surface area contributed by atoms with Gasteiger partial charge in [-0.3, -0.25) is 9.59 Å². The molecule has 2 aliphatic rings. The molecule has 0 spiro atoms. The van der Waals surface area contributed by atoms with Crippen molar-refractivity contribution in [3.63, 3.8) is 0 Å². The van der Waals surface area contributed by atoms with Crippen LogP contribution in [0.3, 0.4) is 0 Å². The molecule has 13 heteroatoms. The molecule has 1 atom stereocenters. The Kier molecular flexibility index (Phi) is 6.88. The highest BCUT2D eigenvalue weighted by Crippen LogP contribution is 2.29. The van der Waals surface area contributed by atoms with E-state index in [2.05, 4.69) is 26.7 Å². The molecule has 4 heterocycles. The molecule has 5 rings (SSSR count). The number of fused-ring (bicyclic) bond motifs is 1. The Morgan fingerprint density at radius 3 is 2.83 bits per heavy atom. The fourth-order valence-electron chi connectivity index (χ4n) is 4.46. The Balaban J connectivity index is 1.38. The Morgan fingerprint density at radius 1 is 1.25 bits per heavy atom. The van der Waals surface area contributed by atoms with E-state index in [1.165, 1.54) is 33.7 Å². The molecule has 1 aromatic carbocycles. The summed E-state index contributed by atoms with van der Waals surface area (Å²) < 4.78 is 28.1. The zero-order valence-corrected chi connectivity index (χ0v) is 21.8. The van der Waals surface area contributed by atoms with Crippen molar-refractivity contribution < 1.29 is 18.0 Å². The molecule has 190 valence electrons. The Morgan fingerprint density at radius 2 is 2.08 bits per heavy atom. The van der Waals surface area contributed by atoms with E-state index in [1.807, 2.05) is 0 Å². The molecular weight excluding hydrogens is 524 g/mol. The predicted molar refractivity (Wildman–Crippen MR) is 139 cm³/mol. The molecular formula is C23H25ClN6O4S2. The van der Waals surface area contributed by atoms with Gasteiger partial charge >= 0.3 is 0 Å². The number of hydrogen-bond acceptors (Lipinski definition) is 7. The third-order valence-corrected chi connectivity index (χ3v) is 9.48. The second kappa shape index (κ2) is 9.94. The maximum Gasteiger partial charge on any atom is 0.283 e. The quantitative estimate of drug-likeness (QED) is 0.447. The molecule has 0 bridgehead atoms. The fourth-order valence-corrected chi connectivity index (χ4v) is 7.03. The first kappa shape index (κ1) is 24.9. The highest BCUT2D eigenvalue weighted by Gasteiger charge is 2.41. The molecule has 36 heavy (non-hydrogen) atoms. The number of aromatic amines is 1. The van der Waals surface area contributed by atoms with E-state index in [0.717, 1.165) is 30.0 Å². The van der Waals surface area contributed by atoms with E-state index in [-0.39, 0.29) is 35.6 Å². The molecule has 2 amide bonds. The second-order valence-corrected chi connectivity index (χ2v) is 11.9. The number of hydrogen-bond donors (Lipinski definition) is 3. The molecule has 1 fully saturated rings. The van der Waals surface area contributed by atoms with Gasteiger partial charge in [-0.25, -0.2) is 13.4 Å². The van der Waals surface area contributed by atoms with Crippen molar-refractivity contribution in [2.45, 2.75) is 17.5 Å². The van der Waals surface area contributed by atoms with Gasteiger partial charge < -0.3 is 20.5 Å². The van der Waals surface area contributed by atoms with Crippen molar-refractivity contribution >= 4 is 61.3 Å². The average molecular weight is 549 g/mol. The zero-order chi connectivity index (χ0) is 25.4. The number of sulfonamides is 1. The third kappa shape index (κ3) is 4.66. The summed E-state index contributed by atoms with van der Waals surface area (Å²) >= 11 is 7.33. The predicted octanol–water partition coefficient (Wildman–Crippen LogP) is 1.92. The number of nitrogens with one attached hydrogen (secondary N) is 3. The van der Waals surface area contributed by atoms with E-state index in [0.29, 0.717) is 15.9 Å². The van der Waals surface area contributed by atoms with Crippen LogP contribution in [0.1, 0.15) is 21.1 Å². The number of carbonyl (C=O) groups is 2. The van der Waals surface area contributed by atoms with Crippen LogP contribution >= 0.6 is 22.9 Å². The maximum atomic E-state index is 13.4. The normalized spacial score (nSPS) is 19.3. The lowest BCUT2D eigenvalue weighted by atomic mass is 10.1. The van der Waals surface area contributed by atoms with E-state index in [1.54, 1.807) is 24.4 Å². The van der Waals surface area contributed by atoms with E-state index < -0.39 is 22.0 Å².